The predicted octanol–water partition coefficient (Wildman–Crippen LogP) is 2.57. The van der Waals surface area contributed by atoms with E-state index < -0.39 is 42.0 Å². The van der Waals surface area contributed by atoms with Gasteiger partial charge in [0.05, 0.1) is 5.69 Å². The van der Waals surface area contributed by atoms with Crippen molar-refractivity contribution in [2.45, 2.75) is 32.5 Å². The number of halogens is 4. The number of carbonyl (C=O) groups is 2. The molecule has 1 aliphatic rings. The zero-order valence-corrected chi connectivity index (χ0v) is 15.8. The molecule has 1 aliphatic heterocycles. The Morgan fingerprint density at radius 2 is 1.75 bits per heavy atom. The number of nitrogens with one attached hydrogen (secondary N) is 1. The highest BCUT2D eigenvalue weighted by Gasteiger charge is 2.29. The number of nitrogens with zero attached hydrogens (tertiary/aromatic N) is 3. The number of aromatic nitrogens is 1. The molecule has 7 nitrogen and oxygen atoms in total. The molecule has 0 bridgehead atoms. The van der Waals surface area contributed by atoms with E-state index in [9.17, 15) is 27.2 Å². The number of anilines is 1. The summed E-state index contributed by atoms with van der Waals surface area (Å²) in [5.41, 5.74) is -0.957. The van der Waals surface area contributed by atoms with Crippen LogP contribution < -0.4 is 10.2 Å². The lowest BCUT2D eigenvalue weighted by Gasteiger charge is -2.36. The third-order valence-corrected chi connectivity index (χ3v) is 3.78. The van der Waals surface area contributed by atoms with Gasteiger partial charge in [0, 0.05) is 26.2 Å². The van der Waals surface area contributed by atoms with E-state index in [-0.39, 0.29) is 5.69 Å². The molecule has 11 heteroatoms. The molecule has 1 saturated heterocycles. The normalized spacial score (nSPS) is 15.4. The zero-order valence-electron chi connectivity index (χ0n) is 15.8. The molecule has 0 unspecified atom stereocenters. The predicted molar refractivity (Wildman–Crippen MR) is 92.6 cm³/mol. The molecule has 1 aromatic rings. The summed E-state index contributed by atoms with van der Waals surface area (Å²) < 4.78 is 56.0. The van der Waals surface area contributed by atoms with Crippen molar-refractivity contribution in [3.8, 4) is 0 Å². The van der Waals surface area contributed by atoms with E-state index in [0.29, 0.717) is 26.2 Å². The van der Waals surface area contributed by atoms with Gasteiger partial charge in [0.15, 0.2) is 0 Å². The van der Waals surface area contributed by atoms with Crippen molar-refractivity contribution < 1.29 is 31.9 Å². The number of rotatable bonds is 3. The molecule has 0 atom stereocenters. The van der Waals surface area contributed by atoms with Gasteiger partial charge in [-0.2, -0.15) is 17.6 Å². The minimum atomic E-state index is -4.57. The standard InChI is InChI=1S/C17H22F4N4O3/c1-16(2,3)28-15(27)25-8-6-24(7-9-25)12-5-4-11(23-13(12)18)14(26)22-10-17(19,20)21/h4-5H,6-10H2,1-3H3,(H,22,26). The first-order valence-electron chi connectivity index (χ1n) is 8.60. The van der Waals surface area contributed by atoms with Crippen molar-refractivity contribution >= 4 is 17.7 Å². The molecule has 0 spiro atoms. The maximum Gasteiger partial charge on any atom is 0.410 e. The maximum absolute atomic E-state index is 14.3. The average Bonchev–Trinajstić information content (AvgIpc) is 2.57. The second kappa shape index (κ2) is 8.19. The summed E-state index contributed by atoms with van der Waals surface area (Å²) in [6.07, 6.45) is -5.02. The summed E-state index contributed by atoms with van der Waals surface area (Å²) in [7, 11) is 0. The van der Waals surface area contributed by atoms with Crippen molar-refractivity contribution in [1.82, 2.24) is 15.2 Å². The van der Waals surface area contributed by atoms with Crippen LogP contribution in [0.4, 0.5) is 28.0 Å². The molecule has 1 N–H and O–H groups in total. The van der Waals surface area contributed by atoms with E-state index in [1.807, 2.05) is 0 Å². The molecule has 0 radical (unpaired) electrons. The Morgan fingerprint density at radius 1 is 1.14 bits per heavy atom. The summed E-state index contributed by atoms with van der Waals surface area (Å²) in [6, 6.07) is 2.44. The highest BCUT2D eigenvalue weighted by Crippen LogP contribution is 2.21. The molecule has 0 saturated carbocycles. The number of hydrogen-bond acceptors (Lipinski definition) is 5. The van der Waals surface area contributed by atoms with Gasteiger partial charge in [0.25, 0.3) is 5.91 Å². The number of piperazine rings is 1. The van der Waals surface area contributed by atoms with E-state index in [1.165, 1.54) is 11.0 Å². The average molecular weight is 406 g/mol. The van der Waals surface area contributed by atoms with Crippen LogP contribution in [0.2, 0.25) is 0 Å². The zero-order chi connectivity index (χ0) is 21.1. The van der Waals surface area contributed by atoms with Crippen LogP contribution in [0.1, 0.15) is 31.3 Å². The molecule has 1 aromatic heterocycles. The van der Waals surface area contributed by atoms with Gasteiger partial charge < -0.3 is 19.9 Å². The number of pyridine rings is 1. The monoisotopic (exact) mass is 406 g/mol. The van der Waals surface area contributed by atoms with Crippen molar-refractivity contribution in [2.24, 2.45) is 0 Å². The fourth-order valence-electron chi connectivity index (χ4n) is 2.52. The van der Waals surface area contributed by atoms with Gasteiger partial charge in [-0.1, -0.05) is 0 Å². The Hall–Kier alpha value is -2.59. The number of ether oxygens (including phenoxy) is 1. The van der Waals surface area contributed by atoms with Crippen LogP contribution in [0, 0.1) is 5.95 Å². The number of hydrogen-bond donors (Lipinski definition) is 1. The van der Waals surface area contributed by atoms with Crippen LogP contribution in [0.15, 0.2) is 12.1 Å². The van der Waals surface area contributed by atoms with Crippen molar-refractivity contribution in [2.75, 3.05) is 37.6 Å². The molecular weight excluding hydrogens is 384 g/mol. The molecule has 156 valence electrons. The Labute approximate surface area is 159 Å². The first-order valence-corrected chi connectivity index (χ1v) is 8.60. The molecule has 0 aromatic carbocycles. The second-order valence-corrected chi connectivity index (χ2v) is 7.26. The lowest BCUT2D eigenvalue weighted by Crippen LogP contribution is -2.50. The highest BCUT2D eigenvalue weighted by molar-refractivity contribution is 5.92. The number of amides is 2. The third-order valence-electron chi connectivity index (χ3n) is 3.78. The lowest BCUT2D eigenvalue weighted by molar-refractivity contribution is -0.123. The van der Waals surface area contributed by atoms with Crippen molar-refractivity contribution in [3.05, 3.63) is 23.8 Å². The van der Waals surface area contributed by atoms with Gasteiger partial charge in [-0.25, -0.2) is 9.78 Å². The Balaban J connectivity index is 1.96. The molecule has 2 heterocycles. The van der Waals surface area contributed by atoms with Crippen LogP contribution in [0.3, 0.4) is 0 Å². The minimum Gasteiger partial charge on any atom is -0.444 e. The van der Waals surface area contributed by atoms with Crippen LogP contribution in [0.5, 0.6) is 0 Å². The molecule has 2 rings (SSSR count). The van der Waals surface area contributed by atoms with Gasteiger partial charge in [0.1, 0.15) is 17.8 Å². The Kier molecular flexibility index (Phi) is 6.35. The molecule has 28 heavy (non-hydrogen) atoms. The van der Waals surface area contributed by atoms with E-state index in [0.717, 1.165) is 6.07 Å². The Morgan fingerprint density at radius 3 is 2.25 bits per heavy atom. The lowest BCUT2D eigenvalue weighted by atomic mass is 10.2. The number of alkyl halides is 3. The largest absolute Gasteiger partial charge is 0.444 e. The summed E-state index contributed by atoms with van der Waals surface area (Å²) in [5, 5.41) is 1.64. The molecule has 1 fully saturated rings. The molecule has 2 amide bonds. The van der Waals surface area contributed by atoms with Crippen LogP contribution in [0.25, 0.3) is 0 Å². The van der Waals surface area contributed by atoms with E-state index >= 15 is 0 Å². The number of carbonyl (C=O) groups excluding carboxylic acids is 2. The first-order chi connectivity index (χ1) is 12.9. The first kappa shape index (κ1) is 21.7. The highest BCUT2D eigenvalue weighted by atomic mass is 19.4. The van der Waals surface area contributed by atoms with Crippen LogP contribution in [-0.2, 0) is 4.74 Å². The van der Waals surface area contributed by atoms with Crippen LogP contribution in [-0.4, -0.2) is 66.4 Å². The van der Waals surface area contributed by atoms with Gasteiger partial charge in [-0.3, -0.25) is 4.79 Å². The third kappa shape index (κ3) is 6.24. The van der Waals surface area contributed by atoms with Crippen LogP contribution >= 0.6 is 0 Å². The fourth-order valence-corrected chi connectivity index (χ4v) is 2.52. The molecular formula is C17H22F4N4O3. The van der Waals surface area contributed by atoms with Gasteiger partial charge in [0.2, 0.25) is 5.95 Å². The molecule has 0 aliphatic carbocycles. The van der Waals surface area contributed by atoms with Gasteiger partial charge >= 0.3 is 12.3 Å². The van der Waals surface area contributed by atoms with E-state index in [2.05, 4.69) is 4.98 Å². The Bertz CT molecular complexity index is 726. The van der Waals surface area contributed by atoms with Crippen molar-refractivity contribution in [1.29, 1.82) is 0 Å². The minimum absolute atomic E-state index is 0.108. The SMILES string of the molecule is CC(C)(C)OC(=O)N1CCN(c2ccc(C(=O)NCC(F)(F)F)nc2F)CC1. The van der Waals surface area contributed by atoms with Gasteiger partial charge in [-0.05, 0) is 32.9 Å². The topological polar surface area (TPSA) is 74.8 Å². The van der Waals surface area contributed by atoms with E-state index in [4.69, 9.17) is 4.74 Å². The van der Waals surface area contributed by atoms with Crippen molar-refractivity contribution in [3.63, 3.8) is 0 Å². The summed E-state index contributed by atoms with van der Waals surface area (Å²) in [4.78, 5) is 30.3. The summed E-state index contributed by atoms with van der Waals surface area (Å²) >= 11 is 0. The summed E-state index contributed by atoms with van der Waals surface area (Å²) in [6.45, 7) is 5.00. The van der Waals surface area contributed by atoms with E-state index in [1.54, 1.807) is 31.0 Å². The van der Waals surface area contributed by atoms with Gasteiger partial charge in [-0.15, -0.1) is 0 Å². The second-order valence-electron chi connectivity index (χ2n) is 7.26. The summed E-state index contributed by atoms with van der Waals surface area (Å²) in [5.74, 6) is -2.08. The quantitative estimate of drug-likeness (QED) is 0.617. The fraction of sp³-hybridized carbons (Fsp3) is 0.588. The smallest absolute Gasteiger partial charge is 0.410 e. The maximum atomic E-state index is 14.3.